The molecule has 0 aromatic heterocycles. The van der Waals surface area contributed by atoms with E-state index in [-0.39, 0.29) is 106 Å². The van der Waals surface area contributed by atoms with Crippen LogP contribution < -0.4 is 0 Å². The van der Waals surface area contributed by atoms with Crippen LogP contribution in [0.15, 0.2) is 0 Å². The molecule has 0 aromatic carbocycles. The Hall–Kier alpha value is 2.32. The normalized spacial score (nSPS) is 0. The van der Waals surface area contributed by atoms with Gasteiger partial charge in [0.05, 0.1) is 0 Å². The molecule has 0 heterocycles. The van der Waals surface area contributed by atoms with Gasteiger partial charge in [-0.3, -0.25) is 0 Å². The Morgan fingerprint density at radius 3 is 0.333 bits per heavy atom. The predicted octanol–water partition coefficient (Wildman–Crippen LogP) is -0.604. The smallest absolute Gasteiger partial charge is 2.00 e. The third kappa shape index (κ3) is 133. The molecule has 0 aromatic rings. The van der Waals surface area contributed by atoms with Crippen molar-refractivity contribution >= 4 is 0 Å². The van der Waals surface area contributed by atoms with Crippen molar-refractivity contribution in [2.45, 2.75) is 0 Å². The molecular formula is Au2Mn2O5. The van der Waals surface area contributed by atoms with Gasteiger partial charge in [-0.15, -0.1) is 0 Å². The van der Waals surface area contributed by atoms with Crippen LogP contribution in [0, 0.1) is 0 Å². The van der Waals surface area contributed by atoms with Gasteiger partial charge in [0.2, 0.25) is 0 Å². The number of hydrogen-bond acceptors (Lipinski definition) is 0. The molecule has 0 atom stereocenters. The van der Waals surface area contributed by atoms with Crippen molar-refractivity contribution in [1.82, 2.24) is 0 Å². The zero-order chi connectivity index (χ0) is 0. The van der Waals surface area contributed by atoms with E-state index in [0.29, 0.717) is 0 Å². The van der Waals surface area contributed by atoms with Crippen molar-refractivity contribution in [3.05, 3.63) is 0 Å². The van der Waals surface area contributed by atoms with Crippen molar-refractivity contribution in [3.8, 4) is 0 Å². The number of hydrogen-bond donors (Lipinski definition) is 0. The summed E-state index contributed by atoms with van der Waals surface area (Å²) in [6.45, 7) is 0. The molecule has 5 nitrogen and oxygen atoms in total. The van der Waals surface area contributed by atoms with E-state index < -0.39 is 0 Å². The average molecular weight is 584 g/mol. The standard InChI is InChI=1S/2Au.2Mn.5O/q2*+3;2*+2;5*-2. The molecule has 0 saturated heterocycles. The molecule has 0 amide bonds. The van der Waals surface area contributed by atoms with Crippen molar-refractivity contribution in [3.63, 3.8) is 0 Å². The topological polar surface area (TPSA) is 142 Å². The largest absolute Gasteiger partial charge is 3.00 e. The second kappa shape index (κ2) is 167. The van der Waals surface area contributed by atoms with Gasteiger partial charge in [0.1, 0.15) is 0 Å². The third-order valence-corrected chi connectivity index (χ3v) is 0. The fourth-order valence-corrected chi connectivity index (χ4v) is 0. The quantitative estimate of drug-likeness (QED) is 0.336. The molecular weight excluding hydrogens is 584 g/mol. The zero-order valence-corrected chi connectivity index (χ0v) is 10.1. The molecule has 0 fully saturated rings. The van der Waals surface area contributed by atoms with Gasteiger partial charge in [-0.2, -0.15) is 0 Å². The van der Waals surface area contributed by atoms with E-state index in [1.807, 2.05) is 0 Å². The molecule has 66 valence electrons. The Labute approximate surface area is 105 Å². The summed E-state index contributed by atoms with van der Waals surface area (Å²) in [6.07, 6.45) is 0. The van der Waals surface area contributed by atoms with E-state index in [9.17, 15) is 0 Å². The summed E-state index contributed by atoms with van der Waals surface area (Å²) in [5, 5.41) is 0. The summed E-state index contributed by atoms with van der Waals surface area (Å²) in [6, 6.07) is 0. The molecule has 0 aliphatic rings. The first-order valence-corrected chi connectivity index (χ1v) is 0. The molecule has 9 heteroatoms. The van der Waals surface area contributed by atoms with E-state index in [2.05, 4.69) is 0 Å². The fraction of sp³-hybridized carbons (Fsp3) is 0. The molecule has 0 unspecified atom stereocenters. The Morgan fingerprint density at radius 2 is 0.333 bits per heavy atom. The first-order chi connectivity index (χ1) is 0. The maximum absolute atomic E-state index is 0. The second-order valence-electron chi connectivity index (χ2n) is 0. The fourth-order valence-electron chi connectivity index (χ4n) is 0. The molecule has 0 bridgehead atoms. The molecule has 0 saturated carbocycles. The minimum absolute atomic E-state index is 0. The summed E-state index contributed by atoms with van der Waals surface area (Å²) in [7, 11) is 0. The maximum Gasteiger partial charge on any atom is 3.00 e. The van der Waals surface area contributed by atoms with Gasteiger partial charge in [0.25, 0.3) is 0 Å². The Balaban J connectivity index is 0. The zero-order valence-electron chi connectivity index (χ0n) is 3.40. The van der Waals surface area contributed by atoms with Crippen LogP contribution in [0.25, 0.3) is 0 Å². The molecule has 2 radical (unpaired) electrons. The maximum atomic E-state index is 0. The van der Waals surface area contributed by atoms with E-state index in [1.54, 1.807) is 0 Å². The van der Waals surface area contributed by atoms with Crippen LogP contribution in [0.4, 0.5) is 0 Å². The minimum atomic E-state index is 0. The van der Waals surface area contributed by atoms with Gasteiger partial charge in [0.15, 0.2) is 0 Å². The third-order valence-electron chi connectivity index (χ3n) is 0. The molecule has 0 spiro atoms. The van der Waals surface area contributed by atoms with E-state index in [4.69, 9.17) is 0 Å². The Kier molecular flexibility index (Phi) is 4150. The van der Waals surface area contributed by atoms with Crippen molar-refractivity contribution in [2.75, 3.05) is 0 Å². The number of rotatable bonds is 0. The SMILES string of the molecule is [Au+3].[Au+3].[Mn+2].[Mn+2].[O-2].[O-2].[O-2].[O-2].[O-2]. The van der Waals surface area contributed by atoms with Gasteiger partial charge in [-0.05, 0) is 0 Å². The minimum Gasteiger partial charge on any atom is -2.00 e. The Morgan fingerprint density at radius 1 is 0.333 bits per heavy atom. The average Bonchev–Trinajstić information content (AvgIpc) is 0. The summed E-state index contributed by atoms with van der Waals surface area (Å²) in [5.41, 5.74) is 0. The molecule has 0 rings (SSSR count). The van der Waals surface area contributed by atoms with Gasteiger partial charge in [-0.1, -0.05) is 0 Å². The van der Waals surface area contributed by atoms with Crippen LogP contribution in [0.3, 0.4) is 0 Å². The first-order valence-electron chi connectivity index (χ1n) is 0. The van der Waals surface area contributed by atoms with Crippen LogP contribution in [-0.4, -0.2) is 0 Å². The van der Waals surface area contributed by atoms with E-state index in [1.165, 1.54) is 0 Å². The van der Waals surface area contributed by atoms with Gasteiger partial charge in [0, 0.05) is 0 Å². The van der Waals surface area contributed by atoms with Crippen LogP contribution in [0.5, 0.6) is 0 Å². The van der Waals surface area contributed by atoms with Crippen LogP contribution in [0.2, 0.25) is 0 Å². The summed E-state index contributed by atoms with van der Waals surface area (Å²) in [5.74, 6) is 0. The monoisotopic (exact) mass is 584 g/mol. The summed E-state index contributed by atoms with van der Waals surface area (Å²) >= 11 is 0. The van der Waals surface area contributed by atoms with E-state index >= 15 is 0 Å². The summed E-state index contributed by atoms with van der Waals surface area (Å²) < 4.78 is 0. The van der Waals surface area contributed by atoms with Gasteiger partial charge < -0.3 is 27.4 Å². The Bertz CT molecular complexity index is 12.9. The van der Waals surface area contributed by atoms with E-state index in [0.717, 1.165) is 0 Å². The van der Waals surface area contributed by atoms with Gasteiger partial charge >= 0.3 is 78.9 Å². The first kappa shape index (κ1) is 224. The predicted molar refractivity (Wildman–Crippen MR) is 3.43 cm³/mol. The van der Waals surface area contributed by atoms with Crippen molar-refractivity contribution < 1.29 is 106 Å². The second-order valence-corrected chi connectivity index (χ2v) is 0. The van der Waals surface area contributed by atoms with Crippen LogP contribution in [0.1, 0.15) is 0 Å². The van der Waals surface area contributed by atoms with Crippen molar-refractivity contribution in [2.24, 2.45) is 0 Å². The summed E-state index contributed by atoms with van der Waals surface area (Å²) in [4.78, 5) is 0. The van der Waals surface area contributed by atoms with Crippen LogP contribution >= 0.6 is 0 Å². The molecule has 0 N–H and O–H groups in total. The molecule has 0 aliphatic heterocycles. The van der Waals surface area contributed by atoms with Crippen molar-refractivity contribution in [1.29, 1.82) is 0 Å². The molecule has 0 aliphatic carbocycles. The van der Waals surface area contributed by atoms with Gasteiger partial charge in [-0.25, -0.2) is 0 Å². The molecule has 9 heavy (non-hydrogen) atoms. The van der Waals surface area contributed by atoms with Crippen LogP contribution in [-0.2, 0) is 106 Å².